The average Bonchev–Trinajstić information content (AvgIpc) is 3.78. The molecule has 1 aromatic heterocycles. The molecular weight excluding hydrogens is 685 g/mol. The number of benzene rings is 8. The molecule has 1 aliphatic heterocycles. The molecule has 11 rings (SSSR count). The number of anilines is 3. The molecule has 8 aromatic carbocycles. The van der Waals surface area contributed by atoms with Crippen LogP contribution < -0.4 is 10.2 Å². The number of hydrogen-bond donors (Lipinski definition) is 1. The van der Waals surface area contributed by atoms with Crippen LogP contribution in [0.5, 0.6) is 0 Å². The van der Waals surface area contributed by atoms with E-state index < -0.39 is 5.41 Å². The summed E-state index contributed by atoms with van der Waals surface area (Å²) in [5.74, 6) is 0. The molecule has 2 nitrogen and oxygen atoms in total. The summed E-state index contributed by atoms with van der Waals surface area (Å²) in [7, 11) is 0. The van der Waals surface area contributed by atoms with E-state index in [1.807, 2.05) is 11.3 Å². The van der Waals surface area contributed by atoms with Crippen LogP contribution in [0.4, 0.5) is 16.4 Å². The van der Waals surface area contributed by atoms with Crippen LogP contribution in [0.1, 0.15) is 27.8 Å². The first-order valence-electron chi connectivity index (χ1n) is 19.0. The number of hydrogen-bond acceptors (Lipinski definition) is 3. The zero-order chi connectivity index (χ0) is 36.3. The Kier molecular flexibility index (Phi) is 7.36. The van der Waals surface area contributed by atoms with Gasteiger partial charge in [0.05, 0.1) is 16.1 Å². The lowest BCUT2D eigenvalue weighted by molar-refractivity contribution is 0.767. The van der Waals surface area contributed by atoms with E-state index in [2.05, 4.69) is 216 Å². The Morgan fingerprint density at radius 2 is 1.16 bits per heavy atom. The summed E-state index contributed by atoms with van der Waals surface area (Å²) >= 11 is 1.84. The summed E-state index contributed by atoms with van der Waals surface area (Å²) < 4.78 is 1.29. The number of nitrogens with zero attached hydrogens (tertiary/aromatic N) is 1. The van der Waals surface area contributed by atoms with Crippen molar-refractivity contribution in [2.24, 2.45) is 0 Å². The summed E-state index contributed by atoms with van der Waals surface area (Å²) in [6.07, 6.45) is 4.55. The first kappa shape index (κ1) is 31.8. The second-order valence-corrected chi connectivity index (χ2v) is 15.5. The maximum Gasteiger partial charge on any atom is 0.124 e. The van der Waals surface area contributed by atoms with E-state index in [9.17, 15) is 0 Å². The lowest BCUT2D eigenvalue weighted by atomic mass is 9.67. The van der Waals surface area contributed by atoms with Gasteiger partial charge in [-0.15, -0.1) is 11.3 Å². The van der Waals surface area contributed by atoms with E-state index in [1.165, 1.54) is 75.9 Å². The molecule has 1 N–H and O–H groups in total. The minimum absolute atomic E-state index is 0.152. The molecule has 1 aliphatic carbocycles. The summed E-state index contributed by atoms with van der Waals surface area (Å²) in [6.45, 7) is 0. The second kappa shape index (κ2) is 12.7. The highest BCUT2D eigenvalue weighted by atomic mass is 32.1. The van der Waals surface area contributed by atoms with Crippen LogP contribution in [0, 0.1) is 0 Å². The molecule has 0 bridgehead atoms. The molecule has 2 aliphatic rings. The third kappa shape index (κ3) is 4.87. The highest BCUT2D eigenvalue weighted by Gasteiger charge is 2.46. The van der Waals surface area contributed by atoms with Crippen molar-refractivity contribution in [2.75, 3.05) is 10.2 Å². The quantitative estimate of drug-likeness (QED) is 0.184. The lowest BCUT2D eigenvalue weighted by Crippen LogP contribution is -2.37. The molecule has 0 saturated heterocycles. The van der Waals surface area contributed by atoms with Crippen molar-refractivity contribution in [3.63, 3.8) is 0 Å². The Bertz CT molecular complexity index is 2870. The van der Waals surface area contributed by atoms with Gasteiger partial charge >= 0.3 is 0 Å². The van der Waals surface area contributed by atoms with E-state index >= 15 is 0 Å². The van der Waals surface area contributed by atoms with Gasteiger partial charge in [-0.25, -0.2) is 0 Å². The maximum absolute atomic E-state index is 4.05. The predicted octanol–water partition coefficient (Wildman–Crippen LogP) is 13.7. The van der Waals surface area contributed by atoms with Gasteiger partial charge < -0.3 is 10.2 Å². The molecule has 0 spiro atoms. The number of thiophene rings is 1. The molecule has 3 heteroatoms. The number of nitrogens with one attached hydrogen (secondary N) is 1. The molecule has 55 heavy (non-hydrogen) atoms. The highest BCUT2D eigenvalue weighted by Crippen LogP contribution is 2.57. The van der Waals surface area contributed by atoms with Crippen molar-refractivity contribution in [2.45, 2.75) is 11.6 Å². The van der Waals surface area contributed by atoms with Crippen molar-refractivity contribution in [1.29, 1.82) is 0 Å². The van der Waals surface area contributed by atoms with Crippen molar-refractivity contribution in [3.8, 4) is 22.3 Å². The minimum atomic E-state index is -0.495. The summed E-state index contributed by atoms with van der Waals surface area (Å²) in [6, 6.07) is 71.2. The largest absolute Gasteiger partial charge is 0.353 e. The molecular formula is C52H36N2S. The van der Waals surface area contributed by atoms with Crippen LogP contribution in [-0.2, 0) is 5.41 Å². The first-order chi connectivity index (χ1) is 27.3. The number of fused-ring (bicyclic) bond motifs is 8. The van der Waals surface area contributed by atoms with Gasteiger partial charge in [0.2, 0.25) is 0 Å². The molecule has 2 heterocycles. The van der Waals surface area contributed by atoms with Gasteiger partial charge in [0.15, 0.2) is 0 Å². The van der Waals surface area contributed by atoms with Gasteiger partial charge in [0, 0.05) is 26.9 Å². The fourth-order valence-corrected chi connectivity index (χ4v) is 10.4. The standard InChI is InChI=1S/C52H36N2S/c1-4-16-35(17-5-1)40-23-13-15-27-47(40)54(49-33-31-44-50-41-24-11-10-18-36(41)28-32-48(50)55-51(44)53-49)39-29-30-43-42-25-12-14-26-45(42)52(46(43)34-39,37-19-6-2-7-20-37)38-21-8-3-9-22-38/h1-34,49,53H. The molecule has 0 amide bonds. The van der Waals surface area contributed by atoms with Crippen molar-refractivity contribution in [3.05, 3.63) is 228 Å². The van der Waals surface area contributed by atoms with Gasteiger partial charge in [0.25, 0.3) is 0 Å². The van der Waals surface area contributed by atoms with Gasteiger partial charge in [-0.1, -0.05) is 176 Å². The van der Waals surface area contributed by atoms with Crippen LogP contribution in [0.25, 0.3) is 49.2 Å². The zero-order valence-electron chi connectivity index (χ0n) is 30.1. The molecule has 0 fully saturated rings. The molecule has 1 unspecified atom stereocenters. The monoisotopic (exact) mass is 720 g/mol. The van der Waals surface area contributed by atoms with Crippen molar-refractivity contribution in [1.82, 2.24) is 0 Å². The normalized spacial score (nSPS) is 14.9. The number of rotatable bonds is 6. The second-order valence-electron chi connectivity index (χ2n) is 14.5. The van der Waals surface area contributed by atoms with E-state index in [4.69, 9.17) is 0 Å². The first-order valence-corrected chi connectivity index (χ1v) is 19.8. The van der Waals surface area contributed by atoms with Crippen molar-refractivity contribution >= 4 is 54.6 Å². The minimum Gasteiger partial charge on any atom is -0.353 e. The third-order valence-corrected chi connectivity index (χ3v) is 12.7. The van der Waals surface area contributed by atoms with E-state index in [1.54, 1.807) is 0 Å². The van der Waals surface area contributed by atoms with Gasteiger partial charge in [0.1, 0.15) is 6.17 Å². The fourth-order valence-electron chi connectivity index (χ4n) is 9.26. The smallest absolute Gasteiger partial charge is 0.124 e. The summed E-state index contributed by atoms with van der Waals surface area (Å²) in [4.78, 5) is 2.51. The lowest BCUT2D eigenvalue weighted by Gasteiger charge is -2.38. The predicted molar refractivity (Wildman–Crippen MR) is 234 cm³/mol. The van der Waals surface area contributed by atoms with Crippen LogP contribution in [0.15, 0.2) is 200 Å². The molecule has 0 radical (unpaired) electrons. The van der Waals surface area contributed by atoms with Crippen LogP contribution >= 0.6 is 11.3 Å². The molecule has 9 aromatic rings. The van der Waals surface area contributed by atoms with Gasteiger partial charge in [-0.3, -0.25) is 0 Å². The SMILES string of the molecule is C1=CC(N(c2ccc3c(c2)C(c2ccccc2)(c2ccccc2)c2ccccc2-3)c2ccccc2-c2ccccc2)Nc2sc3ccc4ccccc4c3c21. The zero-order valence-corrected chi connectivity index (χ0v) is 30.9. The Hall–Kier alpha value is -6.68. The average molecular weight is 721 g/mol. The molecule has 260 valence electrons. The molecule has 0 saturated carbocycles. The molecule has 1 atom stereocenters. The van der Waals surface area contributed by atoms with E-state index in [0.29, 0.717) is 0 Å². The van der Waals surface area contributed by atoms with Crippen LogP contribution in [0.2, 0.25) is 0 Å². The Morgan fingerprint density at radius 1 is 0.527 bits per heavy atom. The van der Waals surface area contributed by atoms with Crippen LogP contribution in [-0.4, -0.2) is 6.17 Å². The Labute approximate surface area is 325 Å². The Morgan fingerprint density at radius 3 is 1.95 bits per heavy atom. The van der Waals surface area contributed by atoms with Gasteiger partial charge in [-0.05, 0) is 80.1 Å². The van der Waals surface area contributed by atoms with E-state index in [-0.39, 0.29) is 6.17 Å². The summed E-state index contributed by atoms with van der Waals surface area (Å²) in [5, 5.41) is 9.13. The fraction of sp³-hybridized carbons (Fsp3) is 0.0385. The van der Waals surface area contributed by atoms with E-state index in [0.717, 1.165) is 11.4 Å². The highest BCUT2D eigenvalue weighted by molar-refractivity contribution is 7.23. The third-order valence-electron chi connectivity index (χ3n) is 11.6. The van der Waals surface area contributed by atoms with Crippen LogP contribution in [0.3, 0.4) is 0 Å². The number of para-hydroxylation sites is 1. The van der Waals surface area contributed by atoms with Crippen molar-refractivity contribution < 1.29 is 0 Å². The maximum atomic E-state index is 4.05. The summed E-state index contributed by atoms with van der Waals surface area (Å²) in [5.41, 5.74) is 13.1. The Balaban J connectivity index is 1.15. The topological polar surface area (TPSA) is 15.3 Å². The van der Waals surface area contributed by atoms with Gasteiger partial charge in [-0.2, -0.15) is 0 Å².